The van der Waals surface area contributed by atoms with Gasteiger partial charge in [0.25, 0.3) is 5.56 Å². The zero-order valence-electron chi connectivity index (χ0n) is 24.1. The lowest BCUT2D eigenvalue weighted by Gasteiger charge is -2.24. The number of halogens is 1. The number of ether oxygens (including phenoxy) is 3. The summed E-state index contributed by atoms with van der Waals surface area (Å²) in [6.07, 6.45) is 1.84. The van der Waals surface area contributed by atoms with Crippen molar-refractivity contribution in [3.8, 4) is 11.5 Å². The lowest BCUT2D eigenvalue weighted by atomic mass is 9.96. The zero-order chi connectivity index (χ0) is 30.0. The fraction of sp³-hybridized carbons (Fsp3) is 0.242. The highest BCUT2D eigenvalue weighted by Crippen LogP contribution is 2.32. The maximum atomic E-state index is 13.9. The fourth-order valence-corrected chi connectivity index (χ4v) is 6.12. The average Bonchev–Trinajstić information content (AvgIpc) is 3.26. The maximum Gasteiger partial charge on any atom is 0.338 e. The van der Waals surface area contributed by atoms with Crippen LogP contribution in [0.1, 0.15) is 47.7 Å². The molecule has 0 aliphatic carbocycles. The fourth-order valence-electron chi connectivity index (χ4n) is 5.08. The van der Waals surface area contributed by atoms with Crippen molar-refractivity contribution in [2.24, 2.45) is 4.99 Å². The van der Waals surface area contributed by atoms with E-state index >= 15 is 0 Å². The molecule has 0 bridgehead atoms. The Labute approximate surface area is 246 Å². The van der Waals surface area contributed by atoms with Crippen molar-refractivity contribution < 1.29 is 23.4 Å². The first-order valence-electron chi connectivity index (χ1n) is 13.5. The SMILES string of the molecule is CCOC(=O)C1=C(C)N=c2s/c(=C\c3cc(C)c(OCc4ccc(F)cc4)c(C)c3)c(=O)n2[C@H]1c1ccc(OC)cc1. The first-order chi connectivity index (χ1) is 20.2. The van der Waals surface area contributed by atoms with Crippen LogP contribution in [0.4, 0.5) is 4.39 Å². The van der Waals surface area contributed by atoms with Crippen LogP contribution in [0.2, 0.25) is 0 Å². The van der Waals surface area contributed by atoms with Gasteiger partial charge in [-0.25, -0.2) is 14.2 Å². The monoisotopic (exact) mass is 586 g/mol. The number of hydrogen-bond acceptors (Lipinski definition) is 7. The standard InChI is InChI=1S/C33H31FN2O5S/c1-6-40-32(38)28-21(4)35-33-36(29(28)24-9-13-26(39-5)14-10-24)31(37)27(42-33)17-23-15-19(2)30(20(3)16-23)41-18-22-7-11-25(34)12-8-22/h7-17,29H,6,18H2,1-5H3/b27-17-/t29-/m0/s1. The van der Waals surface area contributed by atoms with E-state index in [0.29, 0.717) is 33.0 Å². The third-order valence-corrected chi connectivity index (χ3v) is 8.01. The second-order valence-corrected chi connectivity index (χ2v) is 11.0. The molecule has 0 radical (unpaired) electrons. The molecule has 4 aromatic rings. The largest absolute Gasteiger partial charge is 0.497 e. The summed E-state index contributed by atoms with van der Waals surface area (Å²) in [5.41, 5.74) is 4.86. The molecule has 0 N–H and O–H groups in total. The summed E-state index contributed by atoms with van der Waals surface area (Å²) < 4.78 is 32.0. The first-order valence-corrected chi connectivity index (χ1v) is 14.3. The highest BCUT2D eigenvalue weighted by Gasteiger charge is 2.33. The third kappa shape index (κ3) is 5.78. The topological polar surface area (TPSA) is 79.1 Å². The molecule has 216 valence electrons. The number of carbonyl (C=O) groups is 1. The van der Waals surface area contributed by atoms with Crippen molar-refractivity contribution in [3.05, 3.63) is 125 Å². The number of esters is 1. The molecule has 42 heavy (non-hydrogen) atoms. The van der Waals surface area contributed by atoms with Crippen molar-refractivity contribution in [2.45, 2.75) is 40.3 Å². The second kappa shape index (κ2) is 12.2. The van der Waals surface area contributed by atoms with E-state index in [9.17, 15) is 14.0 Å². The zero-order valence-corrected chi connectivity index (χ0v) is 24.9. The van der Waals surface area contributed by atoms with Crippen LogP contribution < -0.4 is 24.4 Å². The van der Waals surface area contributed by atoms with E-state index in [4.69, 9.17) is 14.2 Å². The van der Waals surface area contributed by atoms with Crippen LogP contribution in [0.3, 0.4) is 0 Å². The number of benzene rings is 3. The van der Waals surface area contributed by atoms with Crippen LogP contribution in [-0.4, -0.2) is 24.3 Å². The summed E-state index contributed by atoms with van der Waals surface area (Å²) in [6.45, 7) is 7.92. The van der Waals surface area contributed by atoms with E-state index in [1.54, 1.807) is 49.8 Å². The summed E-state index contributed by atoms with van der Waals surface area (Å²) in [7, 11) is 1.58. The Kier molecular flexibility index (Phi) is 8.40. The number of allylic oxidation sites excluding steroid dienone is 1. The van der Waals surface area contributed by atoms with Gasteiger partial charge in [-0.15, -0.1) is 0 Å². The van der Waals surface area contributed by atoms with Gasteiger partial charge in [-0.05, 0) is 98.0 Å². The summed E-state index contributed by atoms with van der Waals surface area (Å²) >= 11 is 1.27. The van der Waals surface area contributed by atoms with Crippen molar-refractivity contribution in [3.63, 3.8) is 0 Å². The first kappa shape index (κ1) is 29.0. The Bertz CT molecular complexity index is 1830. The highest BCUT2D eigenvalue weighted by atomic mass is 32.1. The highest BCUT2D eigenvalue weighted by molar-refractivity contribution is 7.07. The average molecular weight is 587 g/mol. The molecule has 3 aromatic carbocycles. The van der Waals surface area contributed by atoms with Crippen LogP contribution in [0, 0.1) is 19.7 Å². The molecular formula is C33H31FN2O5S. The number of fused-ring (bicyclic) bond motifs is 1. The van der Waals surface area contributed by atoms with Crippen LogP contribution in [0.25, 0.3) is 6.08 Å². The molecule has 1 aromatic heterocycles. The molecule has 0 saturated carbocycles. The molecule has 0 amide bonds. The number of hydrogen-bond donors (Lipinski definition) is 0. The minimum Gasteiger partial charge on any atom is -0.497 e. The number of rotatable bonds is 8. The third-order valence-electron chi connectivity index (χ3n) is 7.03. The summed E-state index contributed by atoms with van der Waals surface area (Å²) in [6, 6.07) is 16.7. The van der Waals surface area contributed by atoms with Gasteiger partial charge in [0.2, 0.25) is 0 Å². The van der Waals surface area contributed by atoms with Gasteiger partial charge in [-0.3, -0.25) is 9.36 Å². The van der Waals surface area contributed by atoms with Gasteiger partial charge in [-0.1, -0.05) is 35.6 Å². The summed E-state index contributed by atoms with van der Waals surface area (Å²) in [5, 5.41) is 0. The number of methoxy groups -OCH3 is 1. The Morgan fingerprint density at radius 2 is 1.71 bits per heavy atom. The molecule has 1 aliphatic heterocycles. The van der Waals surface area contributed by atoms with Gasteiger partial charge in [0.15, 0.2) is 4.80 Å². The molecule has 1 atom stereocenters. The normalized spacial score (nSPS) is 14.8. The van der Waals surface area contributed by atoms with Gasteiger partial charge in [0.1, 0.15) is 23.9 Å². The number of aromatic nitrogens is 1. The molecule has 9 heteroatoms. The molecule has 2 heterocycles. The van der Waals surface area contributed by atoms with Crippen molar-refractivity contribution in [1.82, 2.24) is 4.57 Å². The maximum absolute atomic E-state index is 13.9. The number of thiazole rings is 1. The summed E-state index contributed by atoms with van der Waals surface area (Å²) in [4.78, 5) is 32.1. The molecule has 0 saturated heterocycles. The van der Waals surface area contributed by atoms with Gasteiger partial charge in [0, 0.05) is 0 Å². The Hall–Kier alpha value is -4.50. The number of aryl methyl sites for hydroxylation is 2. The van der Waals surface area contributed by atoms with E-state index in [0.717, 1.165) is 33.6 Å². The Morgan fingerprint density at radius 1 is 1.05 bits per heavy atom. The van der Waals surface area contributed by atoms with E-state index < -0.39 is 12.0 Å². The van der Waals surface area contributed by atoms with Gasteiger partial charge >= 0.3 is 5.97 Å². The number of nitrogens with zero attached hydrogens (tertiary/aromatic N) is 2. The molecule has 5 rings (SSSR count). The minimum atomic E-state index is -0.695. The molecule has 0 unspecified atom stereocenters. The van der Waals surface area contributed by atoms with E-state index in [1.807, 2.05) is 44.2 Å². The molecular weight excluding hydrogens is 555 g/mol. The van der Waals surface area contributed by atoms with Crippen LogP contribution >= 0.6 is 11.3 Å². The molecule has 0 spiro atoms. The minimum absolute atomic E-state index is 0.206. The van der Waals surface area contributed by atoms with Crippen LogP contribution in [0.15, 0.2) is 81.7 Å². The van der Waals surface area contributed by atoms with Crippen molar-refractivity contribution in [2.75, 3.05) is 13.7 Å². The molecule has 1 aliphatic rings. The predicted octanol–water partition coefficient (Wildman–Crippen LogP) is 5.14. The lowest BCUT2D eigenvalue weighted by Crippen LogP contribution is -2.39. The van der Waals surface area contributed by atoms with E-state index in [-0.39, 0.29) is 18.0 Å². The van der Waals surface area contributed by atoms with Gasteiger partial charge in [-0.2, -0.15) is 0 Å². The van der Waals surface area contributed by atoms with Gasteiger partial charge < -0.3 is 14.2 Å². The number of carbonyl (C=O) groups excluding carboxylic acids is 1. The second-order valence-electron chi connectivity index (χ2n) is 9.97. The van der Waals surface area contributed by atoms with Crippen molar-refractivity contribution in [1.29, 1.82) is 0 Å². The van der Waals surface area contributed by atoms with E-state index in [1.165, 1.54) is 23.5 Å². The molecule has 7 nitrogen and oxygen atoms in total. The Morgan fingerprint density at radius 3 is 2.33 bits per heavy atom. The van der Waals surface area contributed by atoms with Gasteiger partial charge in [0.05, 0.1) is 35.6 Å². The lowest BCUT2D eigenvalue weighted by molar-refractivity contribution is -0.139. The smallest absolute Gasteiger partial charge is 0.338 e. The van der Waals surface area contributed by atoms with Crippen LogP contribution in [-0.2, 0) is 16.1 Å². The van der Waals surface area contributed by atoms with E-state index in [2.05, 4.69) is 4.99 Å². The summed E-state index contributed by atoms with van der Waals surface area (Å²) in [5.74, 6) is 0.618. The Balaban J connectivity index is 1.54. The van der Waals surface area contributed by atoms with Crippen LogP contribution in [0.5, 0.6) is 11.5 Å². The van der Waals surface area contributed by atoms with Crippen molar-refractivity contribution >= 4 is 23.4 Å². The predicted molar refractivity (Wildman–Crippen MR) is 160 cm³/mol. The quantitative estimate of drug-likeness (QED) is 0.267. The molecule has 0 fully saturated rings.